The molecule has 0 saturated heterocycles. The van der Waals surface area contributed by atoms with Crippen LogP contribution in [0.3, 0.4) is 0 Å². The van der Waals surface area contributed by atoms with Gasteiger partial charge in [-0.3, -0.25) is 0 Å². The molecule has 2 heteroatoms. The minimum absolute atomic E-state index is 0.384. The molecule has 0 amide bonds. The molecule has 0 aromatic carbocycles. The summed E-state index contributed by atoms with van der Waals surface area (Å²) in [5.74, 6) is 1.25. The summed E-state index contributed by atoms with van der Waals surface area (Å²) in [6.45, 7) is 11.8. The van der Waals surface area contributed by atoms with Crippen molar-refractivity contribution in [2.75, 3.05) is 5.75 Å². The van der Waals surface area contributed by atoms with Gasteiger partial charge in [0.15, 0.2) is 0 Å². The van der Waals surface area contributed by atoms with Crippen molar-refractivity contribution >= 4 is 23.4 Å². The molecule has 0 nitrogen and oxygen atoms in total. The summed E-state index contributed by atoms with van der Waals surface area (Å²) in [6, 6.07) is 0. The van der Waals surface area contributed by atoms with Gasteiger partial charge in [-0.2, -0.15) is 11.8 Å². The highest BCUT2D eigenvalue weighted by Gasteiger charge is 2.33. The van der Waals surface area contributed by atoms with Crippen LogP contribution in [-0.4, -0.2) is 16.4 Å². The molecule has 2 unspecified atom stereocenters. The molecule has 0 bridgehead atoms. The lowest BCUT2D eigenvalue weighted by Gasteiger charge is -2.40. The molecule has 1 saturated carbocycles. The van der Waals surface area contributed by atoms with Crippen molar-refractivity contribution in [3.8, 4) is 0 Å². The second kappa shape index (κ2) is 5.52. The minimum Gasteiger partial charge on any atom is -0.158 e. The molecular formula is C14H27ClS. The third-order valence-corrected chi connectivity index (χ3v) is 6.46. The Hall–Kier alpha value is 0.640. The van der Waals surface area contributed by atoms with Gasteiger partial charge in [-0.15, -0.1) is 11.6 Å². The molecule has 96 valence electrons. The van der Waals surface area contributed by atoms with Crippen molar-refractivity contribution in [3.63, 3.8) is 0 Å². The van der Waals surface area contributed by atoms with Gasteiger partial charge >= 0.3 is 0 Å². The first-order chi connectivity index (χ1) is 7.22. The zero-order chi connectivity index (χ0) is 12.4. The van der Waals surface area contributed by atoms with E-state index in [9.17, 15) is 0 Å². The first-order valence-electron chi connectivity index (χ1n) is 6.48. The maximum atomic E-state index is 6.24. The Bertz CT molecular complexity index is 217. The average molecular weight is 263 g/mol. The Kier molecular flexibility index (Phi) is 5.07. The second-order valence-electron chi connectivity index (χ2n) is 6.83. The summed E-state index contributed by atoms with van der Waals surface area (Å²) < 4.78 is 0. The lowest BCUT2D eigenvalue weighted by atomic mass is 9.71. The van der Waals surface area contributed by atoms with E-state index < -0.39 is 0 Å². The lowest BCUT2D eigenvalue weighted by molar-refractivity contribution is 0.162. The van der Waals surface area contributed by atoms with Crippen LogP contribution in [0.25, 0.3) is 0 Å². The summed E-state index contributed by atoms with van der Waals surface area (Å²) in [5, 5.41) is 1.24. The molecule has 0 aliphatic heterocycles. The van der Waals surface area contributed by atoms with Crippen molar-refractivity contribution in [1.29, 1.82) is 0 Å². The van der Waals surface area contributed by atoms with Gasteiger partial charge in [0.2, 0.25) is 0 Å². The third-order valence-electron chi connectivity index (χ3n) is 4.27. The van der Waals surface area contributed by atoms with Gasteiger partial charge in [0.1, 0.15) is 0 Å². The molecule has 16 heavy (non-hydrogen) atoms. The van der Waals surface area contributed by atoms with E-state index in [1.54, 1.807) is 0 Å². The van der Waals surface area contributed by atoms with E-state index in [2.05, 4.69) is 46.4 Å². The number of thioether (sulfide) groups is 1. The van der Waals surface area contributed by atoms with Crippen LogP contribution in [0.1, 0.15) is 60.3 Å². The number of rotatable bonds is 3. The average Bonchev–Trinajstić information content (AvgIpc) is 2.13. The summed E-state index contributed by atoms with van der Waals surface area (Å²) in [6.07, 6.45) is 5.13. The molecule has 0 N–H and O–H groups in total. The number of halogens is 1. The highest BCUT2D eigenvalue weighted by Crippen LogP contribution is 2.43. The van der Waals surface area contributed by atoms with Gasteiger partial charge < -0.3 is 0 Å². The van der Waals surface area contributed by atoms with Crippen molar-refractivity contribution < 1.29 is 0 Å². The molecule has 1 fully saturated rings. The molecule has 1 aliphatic rings. The van der Waals surface area contributed by atoms with E-state index >= 15 is 0 Å². The van der Waals surface area contributed by atoms with Crippen LogP contribution in [0.5, 0.6) is 0 Å². The molecule has 0 spiro atoms. The van der Waals surface area contributed by atoms with Gasteiger partial charge in [0.25, 0.3) is 0 Å². The SMILES string of the molecule is CC(C)(C)C(C)(C)CSC1CCCC(Cl)C1. The Labute approximate surface area is 111 Å². The van der Waals surface area contributed by atoms with Gasteiger partial charge in [0, 0.05) is 10.6 Å². The molecular weight excluding hydrogens is 236 g/mol. The summed E-state index contributed by atoms with van der Waals surface area (Å²) >= 11 is 8.39. The van der Waals surface area contributed by atoms with Crippen LogP contribution < -0.4 is 0 Å². The minimum atomic E-state index is 0.384. The summed E-state index contributed by atoms with van der Waals surface area (Å²) in [5.41, 5.74) is 0.784. The van der Waals surface area contributed by atoms with E-state index in [-0.39, 0.29) is 0 Å². The molecule has 1 rings (SSSR count). The molecule has 0 aromatic rings. The zero-order valence-corrected chi connectivity index (χ0v) is 13.0. The van der Waals surface area contributed by atoms with Gasteiger partial charge in [-0.25, -0.2) is 0 Å². The van der Waals surface area contributed by atoms with E-state index in [1.165, 1.54) is 31.4 Å². The standard InChI is InChI=1S/C14H27ClS/c1-13(2,3)14(4,5)10-16-12-8-6-7-11(15)9-12/h11-12H,6-10H2,1-5H3. The zero-order valence-electron chi connectivity index (χ0n) is 11.5. The molecule has 0 aromatic heterocycles. The van der Waals surface area contributed by atoms with Crippen molar-refractivity contribution in [1.82, 2.24) is 0 Å². The smallest absolute Gasteiger partial charge is 0.0346 e. The fourth-order valence-electron chi connectivity index (χ4n) is 1.78. The first-order valence-corrected chi connectivity index (χ1v) is 7.96. The van der Waals surface area contributed by atoms with Crippen molar-refractivity contribution in [3.05, 3.63) is 0 Å². The fourth-order valence-corrected chi connectivity index (χ4v) is 4.04. The van der Waals surface area contributed by atoms with Gasteiger partial charge in [0.05, 0.1) is 0 Å². The topological polar surface area (TPSA) is 0 Å². The van der Waals surface area contributed by atoms with Gasteiger partial charge in [-0.05, 0) is 35.8 Å². The van der Waals surface area contributed by atoms with Crippen molar-refractivity contribution in [2.45, 2.75) is 70.9 Å². The molecule has 0 radical (unpaired) electrons. The molecule has 2 atom stereocenters. The van der Waals surface area contributed by atoms with Crippen molar-refractivity contribution in [2.24, 2.45) is 10.8 Å². The van der Waals surface area contributed by atoms with Crippen LogP contribution in [0, 0.1) is 10.8 Å². The highest BCUT2D eigenvalue weighted by atomic mass is 35.5. The van der Waals surface area contributed by atoms with E-state index in [0.29, 0.717) is 16.2 Å². The number of hydrogen-bond donors (Lipinski definition) is 0. The van der Waals surface area contributed by atoms with Crippen LogP contribution in [0.4, 0.5) is 0 Å². The van der Waals surface area contributed by atoms with Crippen LogP contribution in [0.15, 0.2) is 0 Å². The maximum Gasteiger partial charge on any atom is 0.0346 e. The monoisotopic (exact) mass is 262 g/mol. The predicted octanol–water partition coefficient (Wildman–Crippen LogP) is 5.34. The van der Waals surface area contributed by atoms with Crippen LogP contribution in [-0.2, 0) is 0 Å². The lowest BCUT2D eigenvalue weighted by Crippen LogP contribution is -2.33. The maximum absolute atomic E-state index is 6.24. The Balaban J connectivity index is 2.39. The second-order valence-corrected chi connectivity index (χ2v) is 8.74. The number of hydrogen-bond acceptors (Lipinski definition) is 1. The first kappa shape index (κ1) is 14.7. The predicted molar refractivity (Wildman–Crippen MR) is 77.6 cm³/mol. The van der Waals surface area contributed by atoms with Crippen LogP contribution in [0.2, 0.25) is 0 Å². The Morgan fingerprint density at radius 3 is 2.25 bits per heavy atom. The summed E-state index contributed by atoms with van der Waals surface area (Å²) in [7, 11) is 0. The van der Waals surface area contributed by atoms with E-state index in [1.807, 2.05) is 0 Å². The summed E-state index contributed by atoms with van der Waals surface area (Å²) in [4.78, 5) is 0. The van der Waals surface area contributed by atoms with Gasteiger partial charge in [-0.1, -0.05) is 41.0 Å². The Morgan fingerprint density at radius 1 is 1.12 bits per heavy atom. The molecule has 0 heterocycles. The highest BCUT2D eigenvalue weighted by molar-refractivity contribution is 7.99. The van der Waals surface area contributed by atoms with Crippen LogP contribution >= 0.6 is 23.4 Å². The third kappa shape index (κ3) is 4.14. The van der Waals surface area contributed by atoms with E-state index in [4.69, 9.17) is 11.6 Å². The quantitative estimate of drug-likeness (QED) is 0.619. The fraction of sp³-hybridized carbons (Fsp3) is 1.00. The van der Waals surface area contributed by atoms with E-state index in [0.717, 1.165) is 5.25 Å². The number of alkyl halides is 1. The largest absolute Gasteiger partial charge is 0.158 e. The molecule has 1 aliphatic carbocycles. The Morgan fingerprint density at radius 2 is 1.75 bits per heavy atom. The normalized spacial score (nSPS) is 28.1.